The molecule has 5 nitrogen and oxygen atoms in total. The zero-order valence-corrected chi connectivity index (χ0v) is 24.3. The summed E-state index contributed by atoms with van der Waals surface area (Å²) in [5.41, 5.74) is 13.8. The van der Waals surface area contributed by atoms with E-state index >= 15 is 0 Å². The molecule has 0 spiro atoms. The quantitative estimate of drug-likeness (QED) is 0.233. The second-order valence-corrected chi connectivity index (χ2v) is 9.61. The van der Waals surface area contributed by atoms with Crippen LogP contribution in [0.1, 0.15) is 69.0 Å². The molecule has 206 valence electrons. The number of hydrogen-bond donors (Lipinski definition) is 1. The smallest absolute Gasteiger partial charge is 0.123 e. The molecule has 2 heterocycles. The molecule has 2 aromatic carbocycles. The normalized spacial score (nSPS) is 13.0. The first-order chi connectivity index (χ1) is 19.3. The zero-order chi connectivity index (χ0) is 29.3. The van der Waals surface area contributed by atoms with E-state index < -0.39 is 0 Å². The minimum Gasteiger partial charge on any atom is -0.402 e. The highest BCUT2D eigenvalue weighted by Gasteiger charge is 2.30. The SMILES string of the molecule is CC.CC=C(N)C(C)(CC)c1cc(CCN=Cc2cc(C#N)c3ncccc3c2)nc(-c2ccc(F)cc2)c1C. The van der Waals surface area contributed by atoms with Crippen molar-refractivity contribution in [3.8, 4) is 17.3 Å². The van der Waals surface area contributed by atoms with Gasteiger partial charge >= 0.3 is 0 Å². The van der Waals surface area contributed by atoms with Crippen LogP contribution in [0.25, 0.3) is 22.2 Å². The van der Waals surface area contributed by atoms with Gasteiger partial charge in [-0.25, -0.2) is 4.39 Å². The number of nitriles is 1. The highest BCUT2D eigenvalue weighted by Crippen LogP contribution is 2.38. The van der Waals surface area contributed by atoms with Gasteiger partial charge in [0.1, 0.15) is 11.9 Å². The van der Waals surface area contributed by atoms with Gasteiger partial charge in [0.25, 0.3) is 0 Å². The molecular weight excluding hydrogens is 497 g/mol. The van der Waals surface area contributed by atoms with Crippen molar-refractivity contribution >= 4 is 17.1 Å². The molecule has 4 aromatic rings. The van der Waals surface area contributed by atoms with Crippen LogP contribution in [-0.2, 0) is 11.8 Å². The first kappa shape index (κ1) is 30.2. The van der Waals surface area contributed by atoms with E-state index in [4.69, 9.17) is 10.7 Å². The van der Waals surface area contributed by atoms with Crippen LogP contribution in [0, 0.1) is 24.1 Å². The van der Waals surface area contributed by atoms with Crippen molar-refractivity contribution in [2.75, 3.05) is 6.54 Å². The summed E-state index contributed by atoms with van der Waals surface area (Å²) >= 11 is 0. The van der Waals surface area contributed by atoms with Crippen molar-refractivity contribution in [2.24, 2.45) is 10.7 Å². The van der Waals surface area contributed by atoms with Gasteiger partial charge in [0, 0.05) is 53.1 Å². The van der Waals surface area contributed by atoms with Crippen LogP contribution < -0.4 is 5.73 Å². The molecule has 0 radical (unpaired) electrons. The van der Waals surface area contributed by atoms with E-state index in [1.165, 1.54) is 12.1 Å². The number of aromatic nitrogens is 2. The van der Waals surface area contributed by atoms with Crippen LogP contribution in [0.4, 0.5) is 4.39 Å². The van der Waals surface area contributed by atoms with Crippen molar-refractivity contribution in [3.63, 3.8) is 0 Å². The molecule has 0 amide bonds. The molecule has 0 aliphatic carbocycles. The maximum atomic E-state index is 13.7. The lowest BCUT2D eigenvalue weighted by molar-refractivity contribution is 0.525. The molecule has 0 bridgehead atoms. The number of benzene rings is 2. The van der Waals surface area contributed by atoms with Crippen LogP contribution in [0.5, 0.6) is 0 Å². The van der Waals surface area contributed by atoms with Gasteiger partial charge in [-0.05, 0) is 85.5 Å². The van der Waals surface area contributed by atoms with Crippen molar-refractivity contribution < 1.29 is 4.39 Å². The topological polar surface area (TPSA) is 88.0 Å². The number of nitrogens with two attached hydrogens (primary N) is 1. The molecule has 1 unspecified atom stereocenters. The molecule has 6 heteroatoms. The van der Waals surface area contributed by atoms with E-state index in [0.29, 0.717) is 24.0 Å². The van der Waals surface area contributed by atoms with Crippen molar-refractivity contribution in [2.45, 2.75) is 59.8 Å². The number of rotatable bonds is 8. The van der Waals surface area contributed by atoms with Crippen LogP contribution >= 0.6 is 0 Å². The molecule has 0 saturated carbocycles. The van der Waals surface area contributed by atoms with Crippen molar-refractivity contribution in [1.29, 1.82) is 5.26 Å². The van der Waals surface area contributed by atoms with E-state index in [1.807, 2.05) is 45.0 Å². The van der Waals surface area contributed by atoms with Crippen LogP contribution in [-0.4, -0.2) is 22.7 Å². The van der Waals surface area contributed by atoms with E-state index in [9.17, 15) is 9.65 Å². The van der Waals surface area contributed by atoms with Gasteiger partial charge in [0.2, 0.25) is 0 Å². The Balaban J connectivity index is 0.00000216. The van der Waals surface area contributed by atoms with Crippen LogP contribution in [0.2, 0.25) is 0 Å². The van der Waals surface area contributed by atoms with E-state index in [2.05, 4.69) is 42.9 Å². The molecule has 4 rings (SSSR count). The van der Waals surface area contributed by atoms with E-state index in [0.717, 1.165) is 51.1 Å². The first-order valence-corrected chi connectivity index (χ1v) is 13.8. The van der Waals surface area contributed by atoms with Crippen LogP contribution in [0.3, 0.4) is 0 Å². The predicted molar refractivity (Wildman–Crippen MR) is 164 cm³/mol. The molecule has 1 atom stereocenters. The number of fused-ring (bicyclic) bond motifs is 1. The molecule has 0 saturated heterocycles. The Hall–Kier alpha value is -4.37. The largest absolute Gasteiger partial charge is 0.402 e. The summed E-state index contributed by atoms with van der Waals surface area (Å²) in [4.78, 5) is 13.9. The Bertz CT molecular complexity index is 1560. The Morgan fingerprint density at radius 1 is 1.15 bits per heavy atom. The molecule has 0 aliphatic heterocycles. The van der Waals surface area contributed by atoms with E-state index in [-0.39, 0.29) is 11.2 Å². The number of halogens is 1. The van der Waals surface area contributed by atoms with Gasteiger partial charge in [0.05, 0.1) is 16.8 Å². The molecule has 2 aromatic heterocycles. The van der Waals surface area contributed by atoms with Gasteiger partial charge in [-0.15, -0.1) is 0 Å². The molecule has 0 fully saturated rings. The van der Waals surface area contributed by atoms with Crippen molar-refractivity contribution in [3.05, 3.63) is 106 Å². The molecular formula is C34H38FN5. The highest BCUT2D eigenvalue weighted by molar-refractivity contribution is 5.92. The fraction of sp³-hybridized carbons (Fsp3) is 0.294. The Kier molecular flexibility index (Phi) is 10.3. The van der Waals surface area contributed by atoms with Gasteiger partial charge in [-0.1, -0.05) is 39.8 Å². The first-order valence-electron chi connectivity index (χ1n) is 13.8. The summed E-state index contributed by atoms with van der Waals surface area (Å²) in [5.74, 6) is -0.280. The maximum Gasteiger partial charge on any atom is 0.123 e. The van der Waals surface area contributed by atoms with Gasteiger partial charge in [-0.2, -0.15) is 5.26 Å². The third-order valence-corrected chi connectivity index (χ3v) is 7.28. The second-order valence-electron chi connectivity index (χ2n) is 9.61. The average molecular weight is 536 g/mol. The predicted octanol–water partition coefficient (Wildman–Crippen LogP) is 7.83. The summed E-state index contributed by atoms with van der Waals surface area (Å²) in [6, 6.07) is 18.4. The molecule has 0 aliphatic rings. The number of nitrogens with zero attached hydrogens (tertiary/aromatic N) is 4. The number of pyridine rings is 2. The lowest BCUT2D eigenvalue weighted by atomic mass is 9.74. The lowest BCUT2D eigenvalue weighted by Crippen LogP contribution is -2.30. The standard InChI is InChI=1S/C32H32FN5.C2H6/c1-5-29(35)32(4,6-2)28-18-27(38-30(21(28)3)23-9-11-26(33)12-10-23)13-15-36-20-22-16-24-8-7-14-37-31(24)25(17-22)19-34;1-2/h5,7-12,14,16-18,20H,6,13,15,35H2,1-4H3;1-2H3. The third-order valence-electron chi connectivity index (χ3n) is 7.28. The summed E-state index contributed by atoms with van der Waals surface area (Å²) < 4.78 is 13.7. The van der Waals surface area contributed by atoms with Gasteiger partial charge in [-0.3, -0.25) is 15.0 Å². The van der Waals surface area contributed by atoms with Crippen molar-refractivity contribution in [1.82, 2.24) is 9.97 Å². The summed E-state index contributed by atoms with van der Waals surface area (Å²) in [6.45, 7) is 12.8. The van der Waals surface area contributed by atoms with E-state index in [1.54, 1.807) is 30.6 Å². The van der Waals surface area contributed by atoms with Crippen LogP contribution in [0.15, 0.2) is 77.6 Å². The van der Waals surface area contributed by atoms with Gasteiger partial charge in [0.15, 0.2) is 0 Å². The van der Waals surface area contributed by atoms with Gasteiger partial charge < -0.3 is 5.73 Å². The lowest BCUT2D eigenvalue weighted by Gasteiger charge is -2.32. The summed E-state index contributed by atoms with van der Waals surface area (Å²) in [6.07, 6.45) is 6.88. The zero-order valence-electron chi connectivity index (χ0n) is 24.3. The summed E-state index contributed by atoms with van der Waals surface area (Å²) in [7, 11) is 0. The highest BCUT2D eigenvalue weighted by atomic mass is 19.1. The Labute approximate surface area is 237 Å². The maximum absolute atomic E-state index is 13.7. The minimum atomic E-state index is -0.360. The molecule has 2 N–H and O–H groups in total. The number of aliphatic imine (C=N–C) groups is 1. The average Bonchev–Trinajstić information content (AvgIpc) is 3.00. The second kappa shape index (κ2) is 13.6. The summed E-state index contributed by atoms with van der Waals surface area (Å²) in [5, 5.41) is 10.4. The third kappa shape index (κ3) is 6.43. The fourth-order valence-corrected chi connectivity index (χ4v) is 4.85. The monoisotopic (exact) mass is 535 g/mol. The number of hydrogen-bond acceptors (Lipinski definition) is 5. The Morgan fingerprint density at radius 3 is 2.52 bits per heavy atom. The minimum absolute atomic E-state index is 0.280. The molecule has 40 heavy (non-hydrogen) atoms. The fourth-order valence-electron chi connectivity index (χ4n) is 4.85. The Morgan fingerprint density at radius 2 is 1.88 bits per heavy atom. The number of allylic oxidation sites excluding steroid dienone is 2.